The van der Waals surface area contributed by atoms with Crippen LogP contribution in [0.2, 0.25) is 0 Å². The van der Waals surface area contributed by atoms with Gasteiger partial charge in [0.05, 0.1) is 0 Å². The zero-order valence-electron chi connectivity index (χ0n) is 14.1. The van der Waals surface area contributed by atoms with Crippen LogP contribution in [0, 0.1) is 0 Å². The van der Waals surface area contributed by atoms with E-state index in [0.29, 0.717) is 16.1 Å². The van der Waals surface area contributed by atoms with Crippen molar-refractivity contribution in [2.75, 3.05) is 0 Å². The van der Waals surface area contributed by atoms with Crippen LogP contribution in [0.3, 0.4) is 0 Å². The SMILES string of the molecule is CCCCCCCCC(Br)C(Br)CCCCCCCC(=O)Cl. The van der Waals surface area contributed by atoms with E-state index in [0.717, 1.165) is 12.8 Å². The highest BCUT2D eigenvalue weighted by Gasteiger charge is 2.14. The molecule has 0 aromatic heterocycles. The van der Waals surface area contributed by atoms with E-state index in [2.05, 4.69) is 38.8 Å². The second kappa shape index (κ2) is 16.8. The lowest BCUT2D eigenvalue weighted by molar-refractivity contribution is -0.111. The van der Waals surface area contributed by atoms with Crippen molar-refractivity contribution in [3.63, 3.8) is 0 Å². The molecule has 0 rings (SSSR count). The molecule has 2 unspecified atom stereocenters. The predicted octanol–water partition coefficient (Wildman–Crippen LogP) is 7.76. The van der Waals surface area contributed by atoms with Crippen LogP contribution >= 0.6 is 43.5 Å². The number of rotatable bonds is 16. The number of halogens is 3. The Bertz CT molecular complexity index is 261. The molecule has 0 bridgehead atoms. The fraction of sp³-hybridized carbons (Fsp3) is 0.944. The van der Waals surface area contributed by atoms with Crippen LogP contribution in [0.15, 0.2) is 0 Å². The minimum Gasteiger partial charge on any atom is -0.281 e. The largest absolute Gasteiger partial charge is 0.281 e. The van der Waals surface area contributed by atoms with Gasteiger partial charge in [-0.05, 0) is 30.9 Å². The number of carbonyl (C=O) groups excluding carboxylic acids is 1. The van der Waals surface area contributed by atoms with Crippen LogP contribution in [-0.4, -0.2) is 14.9 Å². The van der Waals surface area contributed by atoms with E-state index in [4.69, 9.17) is 11.6 Å². The second-order valence-corrected chi connectivity index (χ2v) is 9.02. The lowest BCUT2D eigenvalue weighted by atomic mass is 10.0. The zero-order valence-corrected chi connectivity index (χ0v) is 18.0. The molecular formula is C18H33Br2ClO. The number of alkyl halides is 2. The first kappa shape index (κ1) is 22.9. The van der Waals surface area contributed by atoms with Gasteiger partial charge in [0.25, 0.3) is 0 Å². The number of hydrogen-bond acceptors (Lipinski definition) is 1. The summed E-state index contributed by atoms with van der Waals surface area (Å²) in [7, 11) is 0. The van der Waals surface area contributed by atoms with Crippen molar-refractivity contribution in [2.24, 2.45) is 0 Å². The fourth-order valence-electron chi connectivity index (χ4n) is 2.62. The van der Waals surface area contributed by atoms with E-state index >= 15 is 0 Å². The summed E-state index contributed by atoms with van der Waals surface area (Å²) in [5, 5.41) is -0.197. The smallest absolute Gasteiger partial charge is 0.221 e. The fourth-order valence-corrected chi connectivity index (χ4v) is 3.92. The Morgan fingerprint density at radius 3 is 1.64 bits per heavy atom. The summed E-state index contributed by atoms with van der Waals surface area (Å²) in [6, 6.07) is 0. The third-order valence-electron chi connectivity index (χ3n) is 4.08. The number of unbranched alkanes of at least 4 members (excludes halogenated alkanes) is 9. The highest BCUT2D eigenvalue weighted by Crippen LogP contribution is 2.25. The Kier molecular flexibility index (Phi) is 17.5. The summed E-state index contributed by atoms with van der Waals surface area (Å²) in [5.74, 6) is 0. The average Bonchev–Trinajstić information content (AvgIpc) is 2.49. The van der Waals surface area contributed by atoms with Crippen LogP contribution < -0.4 is 0 Å². The van der Waals surface area contributed by atoms with Crippen LogP contribution in [0.25, 0.3) is 0 Å². The van der Waals surface area contributed by atoms with Crippen molar-refractivity contribution >= 4 is 48.7 Å². The molecule has 0 aromatic rings. The molecule has 0 saturated heterocycles. The van der Waals surface area contributed by atoms with Crippen molar-refractivity contribution < 1.29 is 4.79 Å². The highest BCUT2D eigenvalue weighted by atomic mass is 79.9. The highest BCUT2D eigenvalue weighted by molar-refractivity contribution is 9.12. The normalized spacial score (nSPS) is 14.0. The van der Waals surface area contributed by atoms with Crippen LogP contribution in [0.1, 0.15) is 96.8 Å². The molecule has 4 heteroatoms. The number of hydrogen-bond donors (Lipinski definition) is 0. The van der Waals surface area contributed by atoms with Crippen LogP contribution in [0.4, 0.5) is 0 Å². The zero-order chi connectivity index (χ0) is 16.6. The Morgan fingerprint density at radius 1 is 0.773 bits per heavy atom. The van der Waals surface area contributed by atoms with Gasteiger partial charge in [-0.1, -0.05) is 103 Å². The van der Waals surface area contributed by atoms with Gasteiger partial charge < -0.3 is 0 Å². The molecule has 0 amide bonds. The summed E-state index contributed by atoms with van der Waals surface area (Å²) < 4.78 is 0. The summed E-state index contributed by atoms with van der Waals surface area (Å²) >= 11 is 13.0. The van der Waals surface area contributed by atoms with Crippen molar-refractivity contribution in [1.29, 1.82) is 0 Å². The van der Waals surface area contributed by atoms with Crippen molar-refractivity contribution in [2.45, 2.75) is 106 Å². The summed E-state index contributed by atoms with van der Waals surface area (Å²) in [5.41, 5.74) is 0. The Hall–Kier alpha value is 0.920. The van der Waals surface area contributed by atoms with E-state index < -0.39 is 0 Å². The van der Waals surface area contributed by atoms with Gasteiger partial charge >= 0.3 is 0 Å². The third kappa shape index (κ3) is 15.8. The van der Waals surface area contributed by atoms with E-state index in [-0.39, 0.29) is 5.24 Å². The van der Waals surface area contributed by atoms with Crippen molar-refractivity contribution in [3.8, 4) is 0 Å². The third-order valence-corrected chi connectivity index (χ3v) is 7.17. The van der Waals surface area contributed by atoms with E-state index in [1.807, 2.05) is 0 Å². The first-order valence-corrected chi connectivity index (χ1v) is 11.2. The van der Waals surface area contributed by atoms with Gasteiger partial charge in [-0.25, -0.2) is 0 Å². The molecule has 0 radical (unpaired) electrons. The summed E-state index contributed by atoms with van der Waals surface area (Å²) in [6.07, 6.45) is 17.1. The average molecular weight is 461 g/mol. The molecular weight excluding hydrogens is 427 g/mol. The molecule has 0 aliphatic heterocycles. The molecule has 0 spiro atoms. The minimum atomic E-state index is -0.197. The van der Waals surface area contributed by atoms with E-state index in [1.54, 1.807) is 0 Å². The quantitative estimate of drug-likeness (QED) is 0.131. The molecule has 0 heterocycles. The molecule has 1 nitrogen and oxygen atoms in total. The van der Waals surface area contributed by atoms with Gasteiger partial charge in [-0.15, -0.1) is 0 Å². The maximum Gasteiger partial charge on any atom is 0.221 e. The van der Waals surface area contributed by atoms with Gasteiger partial charge in [0.15, 0.2) is 0 Å². The maximum absolute atomic E-state index is 10.6. The van der Waals surface area contributed by atoms with Gasteiger partial charge in [-0.2, -0.15) is 0 Å². The first-order chi connectivity index (χ1) is 10.6. The lowest BCUT2D eigenvalue weighted by Crippen LogP contribution is -2.13. The molecule has 132 valence electrons. The molecule has 0 fully saturated rings. The lowest BCUT2D eigenvalue weighted by Gasteiger charge is -2.16. The van der Waals surface area contributed by atoms with Crippen molar-refractivity contribution in [3.05, 3.63) is 0 Å². The van der Waals surface area contributed by atoms with Crippen LogP contribution in [0.5, 0.6) is 0 Å². The standard InChI is InChI=1S/C18H33Br2ClO/c1-2-3-4-5-7-10-13-16(19)17(20)14-11-8-6-9-12-15-18(21)22/h16-17H,2-15H2,1H3. The molecule has 0 aromatic carbocycles. The minimum absolute atomic E-state index is 0.197. The molecule has 22 heavy (non-hydrogen) atoms. The topological polar surface area (TPSA) is 17.1 Å². The van der Waals surface area contributed by atoms with Gasteiger partial charge in [0.1, 0.15) is 0 Å². The first-order valence-electron chi connectivity index (χ1n) is 9.04. The molecule has 0 saturated carbocycles. The Labute approximate surface area is 159 Å². The van der Waals surface area contributed by atoms with Gasteiger partial charge in [0.2, 0.25) is 5.24 Å². The number of carbonyl (C=O) groups is 1. The summed E-state index contributed by atoms with van der Waals surface area (Å²) in [4.78, 5) is 11.8. The van der Waals surface area contributed by atoms with Crippen LogP contribution in [-0.2, 0) is 4.79 Å². The van der Waals surface area contributed by atoms with Crippen molar-refractivity contribution in [1.82, 2.24) is 0 Å². The monoisotopic (exact) mass is 458 g/mol. The molecule has 0 N–H and O–H groups in total. The van der Waals surface area contributed by atoms with E-state index in [1.165, 1.54) is 70.6 Å². The molecule has 0 aliphatic carbocycles. The predicted molar refractivity (Wildman–Crippen MR) is 107 cm³/mol. The van der Waals surface area contributed by atoms with E-state index in [9.17, 15) is 4.79 Å². The summed E-state index contributed by atoms with van der Waals surface area (Å²) in [6.45, 7) is 2.27. The molecule has 0 aliphatic rings. The Morgan fingerprint density at radius 2 is 1.18 bits per heavy atom. The molecule has 2 atom stereocenters. The van der Waals surface area contributed by atoms with Gasteiger partial charge in [0, 0.05) is 16.1 Å². The van der Waals surface area contributed by atoms with Gasteiger partial charge in [-0.3, -0.25) is 4.79 Å². The second-order valence-electron chi connectivity index (χ2n) is 6.25. The maximum atomic E-state index is 10.6. The Balaban J connectivity index is 3.38.